The molecule has 0 radical (unpaired) electrons. The van der Waals surface area contributed by atoms with Crippen molar-refractivity contribution in [2.45, 2.75) is 39.0 Å². The van der Waals surface area contributed by atoms with Crippen LogP contribution in [0.3, 0.4) is 0 Å². The number of nitrogens with one attached hydrogen (secondary N) is 3. The normalized spacial score (nSPS) is 11.3. The molecule has 1 aromatic heterocycles. The molecular weight excluding hydrogens is 560 g/mol. The number of carbonyl (C=O) groups is 3. The van der Waals surface area contributed by atoms with Gasteiger partial charge in [-0.05, 0) is 30.2 Å². The lowest BCUT2D eigenvalue weighted by Crippen LogP contribution is -2.54. The highest BCUT2D eigenvalue weighted by molar-refractivity contribution is 5.97. The number of carbonyl (C=O) groups excluding carboxylic acids is 3. The van der Waals surface area contributed by atoms with Gasteiger partial charge in [-0.25, -0.2) is 20.2 Å². The summed E-state index contributed by atoms with van der Waals surface area (Å²) in [6, 6.07) is 24.6. The first-order chi connectivity index (χ1) is 21.5. The van der Waals surface area contributed by atoms with Crippen molar-refractivity contribution in [1.82, 2.24) is 25.6 Å². The van der Waals surface area contributed by atoms with Gasteiger partial charge in [0.2, 0.25) is 5.91 Å². The Morgan fingerprint density at radius 2 is 1.66 bits per heavy atom. The van der Waals surface area contributed by atoms with Crippen molar-refractivity contribution < 1.29 is 23.9 Å². The molecule has 0 aliphatic heterocycles. The summed E-state index contributed by atoms with van der Waals surface area (Å²) in [5, 5.41) is 4.17. The number of aromatic nitrogens is 2. The number of amides is 3. The first kappa shape index (κ1) is 31.8. The number of alkyl carbamates (subject to hydrolysis) is 1. The highest BCUT2D eigenvalue weighted by Crippen LogP contribution is 2.21. The van der Waals surface area contributed by atoms with Crippen LogP contribution in [0.2, 0.25) is 0 Å². The van der Waals surface area contributed by atoms with Gasteiger partial charge in [-0.3, -0.25) is 9.59 Å². The van der Waals surface area contributed by atoms with Crippen molar-refractivity contribution in [3.63, 3.8) is 0 Å². The molecule has 0 saturated heterocycles. The maximum absolute atomic E-state index is 14.3. The van der Waals surface area contributed by atoms with Crippen molar-refractivity contribution in [1.29, 1.82) is 0 Å². The summed E-state index contributed by atoms with van der Waals surface area (Å²) in [6.07, 6.45) is 3.26. The van der Waals surface area contributed by atoms with Crippen LogP contribution < -0.4 is 20.5 Å². The van der Waals surface area contributed by atoms with Gasteiger partial charge in [-0.2, -0.15) is 0 Å². The zero-order chi connectivity index (χ0) is 31.1. The van der Waals surface area contributed by atoms with Gasteiger partial charge in [0.1, 0.15) is 24.9 Å². The van der Waals surface area contributed by atoms with E-state index >= 15 is 0 Å². The number of anilines is 1. The van der Waals surface area contributed by atoms with E-state index in [1.165, 1.54) is 16.2 Å². The first-order valence-corrected chi connectivity index (χ1v) is 14.5. The molecule has 0 saturated carbocycles. The Hall–Kier alpha value is -5.16. The smallest absolute Gasteiger partial charge is 0.408 e. The van der Waals surface area contributed by atoms with Gasteiger partial charge in [0.15, 0.2) is 0 Å². The van der Waals surface area contributed by atoms with Gasteiger partial charge in [0.25, 0.3) is 5.91 Å². The number of nitrogens with zero attached hydrogens (tertiary/aromatic N) is 3. The standard InChI is InChI=1S/C33H38N6O5/c1-3-18-36-39(28-15-8-5-9-16-28)31(40)22-38(21-26-14-10-11-17-30(26)43-2)32(41)29(19-27-20-34-24-35-27)37-33(42)44-23-25-12-6-4-7-13-25/h4-17,20,24,29,36H,3,18-19,21-23H2,1-2H3,(H,34,35)(H,37,42). The Bertz CT molecular complexity index is 1470. The third-order valence-electron chi connectivity index (χ3n) is 6.75. The molecule has 1 unspecified atom stereocenters. The average molecular weight is 599 g/mol. The van der Waals surface area contributed by atoms with E-state index in [2.05, 4.69) is 20.7 Å². The van der Waals surface area contributed by atoms with Gasteiger partial charge >= 0.3 is 6.09 Å². The maximum Gasteiger partial charge on any atom is 0.408 e. The zero-order valence-corrected chi connectivity index (χ0v) is 24.9. The molecule has 3 aromatic carbocycles. The summed E-state index contributed by atoms with van der Waals surface area (Å²) >= 11 is 0. The summed E-state index contributed by atoms with van der Waals surface area (Å²) in [5.41, 5.74) is 5.88. The van der Waals surface area contributed by atoms with E-state index in [-0.39, 0.29) is 32.0 Å². The maximum atomic E-state index is 14.3. The largest absolute Gasteiger partial charge is 0.496 e. The topological polar surface area (TPSA) is 129 Å². The van der Waals surface area contributed by atoms with Crippen molar-refractivity contribution in [2.75, 3.05) is 25.2 Å². The summed E-state index contributed by atoms with van der Waals surface area (Å²) in [4.78, 5) is 49.6. The Kier molecular flexibility index (Phi) is 11.9. The zero-order valence-electron chi connectivity index (χ0n) is 24.9. The lowest BCUT2D eigenvalue weighted by atomic mass is 10.1. The van der Waals surface area contributed by atoms with Crippen LogP contribution in [0.4, 0.5) is 10.5 Å². The SMILES string of the molecule is CCCNN(C(=O)CN(Cc1ccccc1OC)C(=O)C(Cc1c[nH]cn1)NC(=O)OCc1ccccc1)c1ccccc1. The van der Waals surface area contributed by atoms with E-state index in [1.54, 1.807) is 19.4 Å². The molecule has 230 valence electrons. The second-order valence-electron chi connectivity index (χ2n) is 10.0. The molecule has 0 bridgehead atoms. The number of rotatable bonds is 15. The first-order valence-electron chi connectivity index (χ1n) is 14.5. The molecule has 44 heavy (non-hydrogen) atoms. The minimum atomic E-state index is -1.07. The molecule has 11 nitrogen and oxygen atoms in total. The Morgan fingerprint density at radius 3 is 2.34 bits per heavy atom. The number of ether oxygens (including phenoxy) is 2. The van der Waals surface area contributed by atoms with E-state index in [0.717, 1.165) is 12.0 Å². The number of hydrogen-bond donors (Lipinski definition) is 3. The van der Waals surface area contributed by atoms with E-state index in [4.69, 9.17) is 9.47 Å². The number of imidazole rings is 1. The average Bonchev–Trinajstić information content (AvgIpc) is 3.57. The number of aromatic amines is 1. The van der Waals surface area contributed by atoms with Gasteiger partial charge in [-0.15, -0.1) is 0 Å². The van der Waals surface area contributed by atoms with Crippen LogP contribution in [0.5, 0.6) is 5.75 Å². The van der Waals surface area contributed by atoms with Crippen LogP contribution in [-0.2, 0) is 33.9 Å². The van der Waals surface area contributed by atoms with Crippen LogP contribution >= 0.6 is 0 Å². The predicted molar refractivity (Wildman–Crippen MR) is 166 cm³/mol. The summed E-state index contributed by atoms with van der Waals surface area (Å²) in [5.74, 6) is -0.258. The third kappa shape index (κ3) is 9.17. The highest BCUT2D eigenvalue weighted by Gasteiger charge is 2.31. The number of hydrogen-bond acceptors (Lipinski definition) is 7. The Labute approximate surface area is 257 Å². The minimum Gasteiger partial charge on any atom is -0.496 e. The summed E-state index contributed by atoms with van der Waals surface area (Å²) < 4.78 is 11.0. The molecule has 4 rings (SSSR count). The van der Waals surface area contributed by atoms with E-state index in [0.29, 0.717) is 29.2 Å². The number of methoxy groups -OCH3 is 1. The Balaban J connectivity index is 1.61. The monoisotopic (exact) mass is 598 g/mol. The summed E-state index contributed by atoms with van der Waals surface area (Å²) in [6.45, 7) is 2.37. The Morgan fingerprint density at radius 1 is 0.955 bits per heavy atom. The quantitative estimate of drug-likeness (QED) is 0.175. The van der Waals surface area contributed by atoms with Crippen molar-refractivity contribution in [2.24, 2.45) is 0 Å². The molecule has 1 heterocycles. The fourth-order valence-electron chi connectivity index (χ4n) is 4.55. The molecule has 11 heteroatoms. The van der Waals surface area contributed by atoms with Gasteiger partial charge in [0.05, 0.1) is 24.8 Å². The fraction of sp³-hybridized carbons (Fsp3) is 0.273. The molecule has 4 aromatic rings. The van der Waals surface area contributed by atoms with Crippen LogP contribution in [0.1, 0.15) is 30.2 Å². The molecular formula is C33H38N6O5. The second kappa shape index (κ2) is 16.5. The van der Waals surface area contributed by atoms with Crippen molar-refractivity contribution in [3.8, 4) is 5.75 Å². The molecule has 0 aliphatic rings. The molecule has 0 spiro atoms. The van der Waals surface area contributed by atoms with Crippen LogP contribution in [0.15, 0.2) is 97.5 Å². The van der Waals surface area contributed by atoms with Gasteiger partial charge in [-0.1, -0.05) is 73.7 Å². The van der Waals surface area contributed by atoms with E-state index in [1.807, 2.05) is 85.8 Å². The highest BCUT2D eigenvalue weighted by atomic mass is 16.5. The van der Waals surface area contributed by atoms with Crippen molar-refractivity contribution >= 4 is 23.6 Å². The van der Waals surface area contributed by atoms with E-state index < -0.39 is 18.0 Å². The van der Waals surface area contributed by atoms with Gasteiger partial charge in [0, 0.05) is 31.3 Å². The van der Waals surface area contributed by atoms with Crippen LogP contribution in [-0.4, -0.2) is 59.0 Å². The third-order valence-corrected chi connectivity index (χ3v) is 6.75. The number of H-pyrrole nitrogens is 1. The lowest BCUT2D eigenvalue weighted by Gasteiger charge is -2.31. The molecule has 0 fully saturated rings. The van der Waals surface area contributed by atoms with Crippen LogP contribution in [0, 0.1) is 0 Å². The fourth-order valence-corrected chi connectivity index (χ4v) is 4.55. The minimum absolute atomic E-state index is 0.0362. The van der Waals surface area contributed by atoms with E-state index in [9.17, 15) is 14.4 Å². The van der Waals surface area contributed by atoms with Crippen LogP contribution in [0.25, 0.3) is 0 Å². The number of benzene rings is 3. The van der Waals surface area contributed by atoms with Gasteiger partial charge < -0.3 is 24.7 Å². The molecule has 0 aliphatic carbocycles. The number of para-hydroxylation sites is 2. The molecule has 3 N–H and O–H groups in total. The predicted octanol–water partition coefficient (Wildman–Crippen LogP) is 4.23. The number of hydrazine groups is 1. The van der Waals surface area contributed by atoms with Crippen molar-refractivity contribution in [3.05, 3.63) is 114 Å². The summed E-state index contributed by atoms with van der Waals surface area (Å²) in [7, 11) is 1.55. The second-order valence-corrected chi connectivity index (χ2v) is 10.0. The molecule has 3 amide bonds. The molecule has 1 atom stereocenters. The lowest BCUT2D eigenvalue weighted by molar-refractivity contribution is -0.137.